The summed E-state index contributed by atoms with van der Waals surface area (Å²) < 4.78 is 15.8. The molecule has 50 heavy (non-hydrogen) atoms. The molecular formula is C39H44N4O7. The molecule has 0 saturated heterocycles. The predicted octanol–water partition coefficient (Wildman–Crippen LogP) is 5.56. The number of anilines is 2. The largest absolute Gasteiger partial charge is 0.497 e. The molecule has 4 amide bonds. The number of benzene rings is 4. The van der Waals surface area contributed by atoms with Crippen molar-refractivity contribution in [3.63, 3.8) is 0 Å². The van der Waals surface area contributed by atoms with Crippen LogP contribution in [0.25, 0.3) is 0 Å². The first-order valence-electron chi connectivity index (χ1n) is 16.4. The fourth-order valence-corrected chi connectivity index (χ4v) is 5.22. The van der Waals surface area contributed by atoms with Gasteiger partial charge in [0, 0.05) is 38.3 Å². The van der Waals surface area contributed by atoms with Gasteiger partial charge in [0.05, 0.1) is 7.11 Å². The molecule has 0 radical (unpaired) electrons. The van der Waals surface area contributed by atoms with Crippen molar-refractivity contribution in [2.24, 2.45) is 0 Å². The number of likely N-dealkylation sites (N-methyl/N-ethyl adjacent to an activating group) is 2. The summed E-state index contributed by atoms with van der Waals surface area (Å²) in [5.74, 6) is -0.0252. The monoisotopic (exact) mass is 680 g/mol. The average molecular weight is 681 g/mol. The molecule has 0 spiro atoms. The van der Waals surface area contributed by atoms with Crippen LogP contribution in [-0.4, -0.2) is 70.5 Å². The second-order valence-corrected chi connectivity index (χ2v) is 11.6. The third-order valence-electron chi connectivity index (χ3n) is 8.15. The number of rotatable bonds is 15. The molecule has 0 heterocycles. The lowest BCUT2D eigenvalue weighted by Gasteiger charge is -2.25. The van der Waals surface area contributed by atoms with Gasteiger partial charge >= 0.3 is 12.2 Å². The molecule has 0 aliphatic carbocycles. The number of alkyl carbamates (subject to hydrolysis) is 2. The SMILES string of the molecule is CCc1ccc(N(C)C(=O)[C@H](Cc2ccccc2)NC(=O)OCCOC(=O)N[C@@H](Cc2ccccc2)C(=O)N(C)c2ccc(OC)cc2)cc1. The lowest BCUT2D eigenvalue weighted by Crippen LogP contribution is -2.49. The van der Waals surface area contributed by atoms with Gasteiger partial charge in [-0.25, -0.2) is 9.59 Å². The molecule has 0 aliphatic rings. The number of nitrogens with zero attached hydrogens (tertiary/aromatic N) is 2. The molecule has 11 heteroatoms. The zero-order valence-electron chi connectivity index (χ0n) is 28.8. The van der Waals surface area contributed by atoms with Crippen LogP contribution in [0.1, 0.15) is 23.6 Å². The highest BCUT2D eigenvalue weighted by Gasteiger charge is 2.27. The second-order valence-electron chi connectivity index (χ2n) is 11.6. The Kier molecular flexibility index (Phi) is 13.8. The zero-order valence-corrected chi connectivity index (χ0v) is 28.8. The van der Waals surface area contributed by atoms with E-state index in [2.05, 4.69) is 17.6 Å². The quantitative estimate of drug-likeness (QED) is 0.158. The van der Waals surface area contributed by atoms with Crippen LogP contribution >= 0.6 is 0 Å². The second kappa shape index (κ2) is 18.6. The summed E-state index contributed by atoms with van der Waals surface area (Å²) >= 11 is 0. The third-order valence-corrected chi connectivity index (χ3v) is 8.15. The van der Waals surface area contributed by atoms with E-state index in [0.717, 1.165) is 23.1 Å². The minimum Gasteiger partial charge on any atom is -0.497 e. The molecule has 0 aromatic heterocycles. The summed E-state index contributed by atoms with van der Waals surface area (Å²) in [7, 11) is 4.84. The van der Waals surface area contributed by atoms with Gasteiger partial charge in [-0.2, -0.15) is 0 Å². The maximum Gasteiger partial charge on any atom is 0.407 e. The van der Waals surface area contributed by atoms with E-state index in [1.54, 1.807) is 45.5 Å². The minimum absolute atomic E-state index is 0.224. The maximum atomic E-state index is 13.6. The summed E-state index contributed by atoms with van der Waals surface area (Å²) in [5.41, 5.74) is 4.16. The minimum atomic E-state index is -0.943. The highest BCUT2D eigenvalue weighted by atomic mass is 16.6. The van der Waals surface area contributed by atoms with Crippen LogP contribution in [0.3, 0.4) is 0 Å². The standard InChI is InChI=1S/C39H44N4O7/c1-5-28-16-18-31(19-17-28)42(2)36(44)34(26-29-12-8-6-9-13-29)40-38(46)49-24-25-50-39(47)41-35(27-30-14-10-7-11-15-30)37(45)43(3)32-20-22-33(48-4)23-21-32/h6-23,34-35H,5,24-27H2,1-4H3,(H,40,46)(H,41,47)/t34-,35-/m0/s1. The molecule has 0 fully saturated rings. The van der Waals surface area contributed by atoms with Gasteiger partial charge < -0.3 is 34.6 Å². The summed E-state index contributed by atoms with van der Waals surface area (Å²) in [6.07, 6.45) is -0.341. The first kappa shape index (κ1) is 37.0. The summed E-state index contributed by atoms with van der Waals surface area (Å²) in [6, 6.07) is 31.4. The Morgan fingerprint density at radius 2 is 0.980 bits per heavy atom. The van der Waals surface area contributed by atoms with Crippen LogP contribution in [0.15, 0.2) is 109 Å². The van der Waals surface area contributed by atoms with Crippen molar-refractivity contribution in [3.05, 3.63) is 126 Å². The van der Waals surface area contributed by atoms with E-state index in [1.807, 2.05) is 84.9 Å². The number of ether oxygens (including phenoxy) is 3. The Labute approximate surface area is 293 Å². The zero-order chi connectivity index (χ0) is 35.9. The molecule has 4 rings (SSSR count). The van der Waals surface area contributed by atoms with Crippen LogP contribution in [0.5, 0.6) is 5.75 Å². The summed E-state index contributed by atoms with van der Waals surface area (Å²) in [4.78, 5) is 55.7. The average Bonchev–Trinajstić information content (AvgIpc) is 3.15. The topological polar surface area (TPSA) is 127 Å². The molecule has 0 aliphatic heterocycles. The number of aryl methyl sites for hydroxylation is 1. The highest BCUT2D eigenvalue weighted by molar-refractivity contribution is 5.99. The molecule has 2 atom stereocenters. The molecule has 0 bridgehead atoms. The smallest absolute Gasteiger partial charge is 0.407 e. The van der Waals surface area contributed by atoms with Crippen molar-refractivity contribution in [2.45, 2.75) is 38.3 Å². The molecule has 0 unspecified atom stereocenters. The van der Waals surface area contributed by atoms with Crippen molar-refractivity contribution in [1.82, 2.24) is 10.6 Å². The lowest BCUT2D eigenvalue weighted by atomic mass is 10.0. The van der Waals surface area contributed by atoms with Crippen molar-refractivity contribution in [1.29, 1.82) is 0 Å². The maximum absolute atomic E-state index is 13.6. The van der Waals surface area contributed by atoms with Gasteiger partial charge in [-0.15, -0.1) is 0 Å². The number of hydrogen-bond donors (Lipinski definition) is 2. The fourth-order valence-electron chi connectivity index (χ4n) is 5.22. The molecule has 4 aromatic rings. The molecule has 0 saturated carbocycles. The van der Waals surface area contributed by atoms with Crippen LogP contribution in [0, 0.1) is 0 Å². The number of nitrogens with one attached hydrogen (secondary N) is 2. The number of methoxy groups -OCH3 is 1. The Bertz CT molecular complexity index is 1560. The van der Waals surface area contributed by atoms with Gasteiger partial charge in [0.1, 0.15) is 31.0 Å². The van der Waals surface area contributed by atoms with Gasteiger partial charge in [0.15, 0.2) is 0 Å². The van der Waals surface area contributed by atoms with E-state index in [-0.39, 0.29) is 37.9 Å². The first-order chi connectivity index (χ1) is 24.2. The van der Waals surface area contributed by atoms with Crippen molar-refractivity contribution >= 4 is 35.4 Å². The Morgan fingerprint density at radius 1 is 0.580 bits per heavy atom. The van der Waals surface area contributed by atoms with Gasteiger partial charge in [-0.3, -0.25) is 9.59 Å². The number of amides is 4. The summed E-state index contributed by atoms with van der Waals surface area (Å²) in [6.45, 7) is 1.50. The van der Waals surface area contributed by atoms with Gasteiger partial charge in [0.25, 0.3) is 0 Å². The molecular weight excluding hydrogens is 636 g/mol. The molecule has 11 nitrogen and oxygen atoms in total. The third kappa shape index (κ3) is 10.8. The molecule has 2 N–H and O–H groups in total. The van der Waals surface area contributed by atoms with Crippen molar-refractivity contribution in [3.8, 4) is 5.75 Å². The Hall–Kier alpha value is -5.84. The van der Waals surface area contributed by atoms with Gasteiger partial charge in [0.2, 0.25) is 11.8 Å². The normalized spacial score (nSPS) is 11.8. The van der Waals surface area contributed by atoms with E-state index in [9.17, 15) is 19.2 Å². The molecule has 4 aromatic carbocycles. The summed E-state index contributed by atoms with van der Waals surface area (Å²) in [5, 5.41) is 5.32. The van der Waals surface area contributed by atoms with E-state index in [0.29, 0.717) is 17.1 Å². The molecule has 262 valence electrons. The van der Waals surface area contributed by atoms with Gasteiger partial charge in [-0.1, -0.05) is 79.7 Å². The van der Waals surface area contributed by atoms with Gasteiger partial charge in [-0.05, 0) is 59.5 Å². The van der Waals surface area contributed by atoms with Crippen molar-refractivity contribution in [2.75, 3.05) is 44.2 Å². The lowest BCUT2D eigenvalue weighted by molar-refractivity contribution is -0.121. The van der Waals surface area contributed by atoms with E-state index < -0.39 is 24.3 Å². The first-order valence-corrected chi connectivity index (χ1v) is 16.4. The number of carbonyl (C=O) groups is 4. The van der Waals surface area contributed by atoms with E-state index >= 15 is 0 Å². The van der Waals surface area contributed by atoms with E-state index in [1.165, 1.54) is 9.80 Å². The van der Waals surface area contributed by atoms with Crippen LogP contribution in [0.4, 0.5) is 21.0 Å². The van der Waals surface area contributed by atoms with E-state index in [4.69, 9.17) is 14.2 Å². The number of carbonyl (C=O) groups excluding carboxylic acids is 4. The predicted molar refractivity (Wildman–Crippen MR) is 192 cm³/mol. The Balaban J connectivity index is 1.33. The highest BCUT2D eigenvalue weighted by Crippen LogP contribution is 2.20. The van der Waals surface area contributed by atoms with Crippen LogP contribution < -0.4 is 25.2 Å². The number of hydrogen-bond acceptors (Lipinski definition) is 7. The fraction of sp³-hybridized carbons (Fsp3) is 0.282. The van der Waals surface area contributed by atoms with Crippen LogP contribution in [0.2, 0.25) is 0 Å². The van der Waals surface area contributed by atoms with Crippen LogP contribution in [-0.2, 0) is 38.3 Å². The Morgan fingerprint density at radius 3 is 1.36 bits per heavy atom. The van der Waals surface area contributed by atoms with Crippen molar-refractivity contribution < 1.29 is 33.4 Å².